The lowest BCUT2D eigenvalue weighted by molar-refractivity contribution is -0.138. The zero-order chi connectivity index (χ0) is 13.5. The Hall–Kier alpha value is -1.75. The lowest BCUT2D eigenvalue weighted by Crippen LogP contribution is -2.32. The number of benzene rings is 1. The van der Waals surface area contributed by atoms with Crippen molar-refractivity contribution in [2.24, 2.45) is 5.73 Å². The molecule has 5 heteroatoms. The molecule has 0 heterocycles. The number of unbranched alkanes of at least 4 members (excludes halogenated alkanes) is 1. The second-order valence-electron chi connectivity index (χ2n) is 4.14. The number of nitrogens with two attached hydrogens (primary N) is 1. The van der Waals surface area contributed by atoms with Gasteiger partial charge in [-0.25, -0.2) is 0 Å². The third kappa shape index (κ3) is 4.25. The molecule has 0 spiro atoms. The van der Waals surface area contributed by atoms with Gasteiger partial charge in [0.05, 0.1) is 6.61 Å². The highest BCUT2D eigenvalue weighted by molar-refractivity contribution is 5.73. The molecule has 0 saturated carbocycles. The second kappa shape index (κ2) is 6.86. The summed E-state index contributed by atoms with van der Waals surface area (Å²) < 4.78 is 5.43. The molecule has 0 aliphatic carbocycles. The maximum Gasteiger partial charge on any atom is 0.320 e. The van der Waals surface area contributed by atoms with Crippen LogP contribution >= 0.6 is 0 Å². The van der Waals surface area contributed by atoms with Gasteiger partial charge in [-0.15, -0.1) is 0 Å². The van der Waals surface area contributed by atoms with E-state index in [1.807, 2.05) is 0 Å². The minimum Gasteiger partial charge on any atom is -0.508 e. The molecule has 100 valence electrons. The van der Waals surface area contributed by atoms with Crippen LogP contribution in [-0.2, 0) is 11.2 Å². The Labute approximate surface area is 106 Å². The Morgan fingerprint density at radius 1 is 1.50 bits per heavy atom. The molecule has 0 aromatic heterocycles. The largest absolute Gasteiger partial charge is 0.508 e. The van der Waals surface area contributed by atoms with Gasteiger partial charge in [0.2, 0.25) is 0 Å². The van der Waals surface area contributed by atoms with Crippen molar-refractivity contribution in [1.82, 2.24) is 0 Å². The van der Waals surface area contributed by atoms with Crippen LogP contribution in [0.25, 0.3) is 0 Å². The minimum atomic E-state index is -1.09. The number of phenols is 1. The number of aliphatic carboxylic acids is 1. The Morgan fingerprint density at radius 3 is 2.78 bits per heavy atom. The van der Waals surface area contributed by atoms with E-state index in [1.54, 1.807) is 12.1 Å². The first-order chi connectivity index (χ1) is 8.54. The highest BCUT2D eigenvalue weighted by Crippen LogP contribution is 2.24. The molecule has 0 saturated heterocycles. The van der Waals surface area contributed by atoms with Gasteiger partial charge < -0.3 is 20.7 Å². The Bertz CT molecular complexity index is 406. The van der Waals surface area contributed by atoms with Gasteiger partial charge in [-0.05, 0) is 18.1 Å². The summed E-state index contributed by atoms with van der Waals surface area (Å²) >= 11 is 0. The SMILES string of the molecule is CCCCOc1ccc(CC(N)C(=O)O)c(O)c1. The van der Waals surface area contributed by atoms with Crippen LogP contribution in [0.4, 0.5) is 0 Å². The molecule has 1 aromatic carbocycles. The summed E-state index contributed by atoms with van der Waals surface area (Å²) in [6, 6.07) is 3.82. The van der Waals surface area contributed by atoms with Crippen molar-refractivity contribution < 1.29 is 19.7 Å². The van der Waals surface area contributed by atoms with Gasteiger partial charge in [-0.2, -0.15) is 0 Å². The number of rotatable bonds is 7. The van der Waals surface area contributed by atoms with Gasteiger partial charge >= 0.3 is 5.97 Å². The van der Waals surface area contributed by atoms with E-state index in [9.17, 15) is 9.90 Å². The minimum absolute atomic E-state index is 0.0145. The van der Waals surface area contributed by atoms with Gasteiger partial charge in [0.15, 0.2) is 0 Å². The molecule has 0 amide bonds. The van der Waals surface area contributed by atoms with Crippen molar-refractivity contribution in [2.45, 2.75) is 32.2 Å². The average molecular weight is 253 g/mol. The van der Waals surface area contributed by atoms with Crippen LogP contribution in [-0.4, -0.2) is 28.8 Å². The molecular formula is C13H19NO4. The molecule has 1 unspecified atom stereocenters. The van der Waals surface area contributed by atoms with Gasteiger partial charge in [0, 0.05) is 12.5 Å². The molecule has 1 rings (SSSR count). The van der Waals surface area contributed by atoms with Crippen molar-refractivity contribution in [2.75, 3.05) is 6.61 Å². The summed E-state index contributed by atoms with van der Waals surface area (Å²) in [5, 5.41) is 18.5. The third-order valence-corrected chi connectivity index (χ3v) is 2.58. The molecular weight excluding hydrogens is 234 g/mol. The summed E-state index contributed by atoms with van der Waals surface area (Å²) in [5.74, 6) is -0.494. The summed E-state index contributed by atoms with van der Waals surface area (Å²) in [5.41, 5.74) is 5.92. The number of carbonyl (C=O) groups is 1. The Morgan fingerprint density at radius 2 is 2.22 bits per heavy atom. The molecule has 1 atom stereocenters. The fourth-order valence-electron chi connectivity index (χ4n) is 1.46. The van der Waals surface area contributed by atoms with Crippen LogP contribution in [0.15, 0.2) is 18.2 Å². The number of carboxylic acids is 1. The van der Waals surface area contributed by atoms with Crippen molar-refractivity contribution in [3.05, 3.63) is 23.8 Å². The fraction of sp³-hybridized carbons (Fsp3) is 0.462. The maximum atomic E-state index is 10.6. The van der Waals surface area contributed by atoms with E-state index < -0.39 is 12.0 Å². The first-order valence-corrected chi connectivity index (χ1v) is 5.97. The fourth-order valence-corrected chi connectivity index (χ4v) is 1.46. The van der Waals surface area contributed by atoms with Crippen LogP contribution < -0.4 is 10.5 Å². The zero-order valence-electron chi connectivity index (χ0n) is 10.4. The zero-order valence-corrected chi connectivity index (χ0v) is 10.4. The van der Waals surface area contributed by atoms with Crippen LogP contribution in [0.5, 0.6) is 11.5 Å². The lowest BCUT2D eigenvalue weighted by Gasteiger charge is -2.10. The highest BCUT2D eigenvalue weighted by Gasteiger charge is 2.14. The summed E-state index contributed by atoms with van der Waals surface area (Å²) in [7, 11) is 0. The molecule has 0 aliphatic rings. The van der Waals surface area contributed by atoms with E-state index in [1.165, 1.54) is 6.07 Å². The summed E-state index contributed by atoms with van der Waals surface area (Å²) in [6.07, 6.45) is 2.08. The molecule has 0 aliphatic heterocycles. The maximum absolute atomic E-state index is 10.6. The van der Waals surface area contributed by atoms with Gasteiger partial charge in [-0.3, -0.25) is 4.79 Å². The summed E-state index contributed by atoms with van der Waals surface area (Å²) in [4.78, 5) is 10.6. The first kappa shape index (κ1) is 14.3. The molecule has 5 nitrogen and oxygen atoms in total. The van der Waals surface area contributed by atoms with E-state index in [0.717, 1.165) is 12.8 Å². The average Bonchev–Trinajstić information content (AvgIpc) is 2.32. The molecule has 4 N–H and O–H groups in total. The van der Waals surface area contributed by atoms with E-state index in [-0.39, 0.29) is 12.2 Å². The van der Waals surface area contributed by atoms with Gasteiger partial charge in [-0.1, -0.05) is 19.4 Å². The number of hydrogen-bond acceptors (Lipinski definition) is 4. The molecule has 0 bridgehead atoms. The number of carboxylic acid groups (broad SMARTS) is 1. The molecule has 0 fully saturated rings. The topological polar surface area (TPSA) is 92.8 Å². The monoisotopic (exact) mass is 253 g/mol. The van der Waals surface area contributed by atoms with E-state index in [0.29, 0.717) is 17.9 Å². The number of ether oxygens (including phenoxy) is 1. The quantitative estimate of drug-likeness (QED) is 0.641. The van der Waals surface area contributed by atoms with Crippen LogP contribution in [0.1, 0.15) is 25.3 Å². The van der Waals surface area contributed by atoms with Gasteiger partial charge in [0.25, 0.3) is 0 Å². The Balaban J connectivity index is 2.64. The van der Waals surface area contributed by atoms with Crippen molar-refractivity contribution in [1.29, 1.82) is 0 Å². The lowest BCUT2D eigenvalue weighted by atomic mass is 10.1. The van der Waals surface area contributed by atoms with E-state index in [4.69, 9.17) is 15.6 Å². The van der Waals surface area contributed by atoms with Crippen LogP contribution in [0, 0.1) is 0 Å². The highest BCUT2D eigenvalue weighted by atomic mass is 16.5. The third-order valence-electron chi connectivity index (χ3n) is 2.58. The number of aromatic hydroxyl groups is 1. The second-order valence-corrected chi connectivity index (χ2v) is 4.14. The van der Waals surface area contributed by atoms with E-state index in [2.05, 4.69) is 6.92 Å². The molecule has 1 aromatic rings. The van der Waals surface area contributed by atoms with Crippen molar-refractivity contribution in [3.8, 4) is 11.5 Å². The van der Waals surface area contributed by atoms with Crippen LogP contribution in [0.2, 0.25) is 0 Å². The standard InChI is InChI=1S/C13H19NO4/c1-2-3-6-18-10-5-4-9(12(15)8-10)7-11(14)13(16)17/h4-5,8,11,15H,2-3,6-7,14H2,1H3,(H,16,17). The number of hydrogen-bond donors (Lipinski definition) is 3. The smallest absolute Gasteiger partial charge is 0.320 e. The first-order valence-electron chi connectivity index (χ1n) is 5.97. The Kier molecular flexibility index (Phi) is 5.45. The number of phenolic OH excluding ortho intramolecular Hbond substituents is 1. The van der Waals surface area contributed by atoms with Gasteiger partial charge in [0.1, 0.15) is 17.5 Å². The van der Waals surface area contributed by atoms with Crippen LogP contribution in [0.3, 0.4) is 0 Å². The van der Waals surface area contributed by atoms with Crippen molar-refractivity contribution >= 4 is 5.97 Å². The predicted octanol–water partition coefficient (Wildman–Crippen LogP) is 1.53. The van der Waals surface area contributed by atoms with E-state index >= 15 is 0 Å². The predicted molar refractivity (Wildman–Crippen MR) is 67.8 cm³/mol. The van der Waals surface area contributed by atoms with Crippen molar-refractivity contribution in [3.63, 3.8) is 0 Å². The molecule has 0 radical (unpaired) electrons. The summed E-state index contributed by atoms with van der Waals surface area (Å²) in [6.45, 7) is 2.67. The normalized spacial score (nSPS) is 12.1. The molecule has 18 heavy (non-hydrogen) atoms.